The molecule has 5 heteroatoms. The number of aromatic carboxylic acids is 1. The van der Waals surface area contributed by atoms with E-state index in [1.165, 1.54) is 0 Å². The van der Waals surface area contributed by atoms with Crippen LogP contribution in [0.1, 0.15) is 15.4 Å². The van der Waals surface area contributed by atoms with Gasteiger partial charge in [0.15, 0.2) is 5.76 Å². The Kier molecular flexibility index (Phi) is 3.12. The van der Waals surface area contributed by atoms with Gasteiger partial charge in [0, 0.05) is 5.56 Å². The van der Waals surface area contributed by atoms with Crippen LogP contribution in [0, 0.1) is 6.92 Å². The van der Waals surface area contributed by atoms with Gasteiger partial charge in [-0.15, -0.1) is 11.3 Å². The summed E-state index contributed by atoms with van der Waals surface area (Å²) in [5, 5.41) is 8.94. The van der Waals surface area contributed by atoms with Gasteiger partial charge in [0.25, 0.3) is 0 Å². The molecule has 0 aliphatic carbocycles. The van der Waals surface area contributed by atoms with E-state index in [0.717, 1.165) is 22.6 Å². The maximum absolute atomic E-state index is 10.9. The molecule has 3 rings (SSSR count). The lowest BCUT2D eigenvalue weighted by Crippen LogP contribution is -1.89. The van der Waals surface area contributed by atoms with Crippen molar-refractivity contribution in [2.24, 2.45) is 0 Å². The number of aromatic nitrogens is 1. The molecular weight excluding hydrogens is 274 g/mol. The zero-order valence-corrected chi connectivity index (χ0v) is 11.5. The summed E-state index contributed by atoms with van der Waals surface area (Å²) < 4.78 is 5.79. The van der Waals surface area contributed by atoms with E-state index >= 15 is 0 Å². The maximum Gasteiger partial charge on any atom is 0.345 e. The lowest BCUT2D eigenvalue weighted by atomic mass is 10.1. The van der Waals surface area contributed by atoms with Crippen molar-refractivity contribution >= 4 is 17.3 Å². The smallest absolute Gasteiger partial charge is 0.345 e. The van der Waals surface area contributed by atoms with E-state index in [2.05, 4.69) is 4.98 Å². The Labute approximate surface area is 119 Å². The van der Waals surface area contributed by atoms with Crippen molar-refractivity contribution in [1.29, 1.82) is 0 Å². The zero-order chi connectivity index (χ0) is 14.1. The minimum Gasteiger partial charge on any atom is -0.477 e. The first kappa shape index (κ1) is 12.6. The third kappa shape index (κ3) is 2.23. The fourth-order valence-electron chi connectivity index (χ4n) is 1.93. The summed E-state index contributed by atoms with van der Waals surface area (Å²) >= 11 is 1.16. The van der Waals surface area contributed by atoms with E-state index < -0.39 is 5.97 Å². The molecule has 0 spiro atoms. The van der Waals surface area contributed by atoms with Crippen molar-refractivity contribution < 1.29 is 14.3 Å². The van der Waals surface area contributed by atoms with Crippen LogP contribution in [0.3, 0.4) is 0 Å². The van der Waals surface area contributed by atoms with E-state index in [1.54, 1.807) is 12.1 Å². The highest BCUT2D eigenvalue weighted by Crippen LogP contribution is 2.32. The average Bonchev–Trinajstić information content (AvgIpc) is 3.06. The largest absolute Gasteiger partial charge is 0.477 e. The highest BCUT2D eigenvalue weighted by atomic mass is 32.1. The Hall–Kier alpha value is -2.40. The van der Waals surface area contributed by atoms with Crippen molar-refractivity contribution in [3.8, 4) is 22.1 Å². The van der Waals surface area contributed by atoms with Crippen LogP contribution in [0.25, 0.3) is 22.1 Å². The number of carbonyl (C=O) groups is 1. The fourth-order valence-corrected chi connectivity index (χ4v) is 2.70. The predicted molar refractivity (Wildman–Crippen MR) is 76.9 cm³/mol. The fraction of sp³-hybridized carbons (Fsp3) is 0.0667. The molecule has 1 aromatic carbocycles. The Morgan fingerprint density at radius 3 is 2.60 bits per heavy atom. The van der Waals surface area contributed by atoms with Crippen molar-refractivity contribution in [1.82, 2.24) is 4.98 Å². The minimum atomic E-state index is -0.937. The highest BCUT2D eigenvalue weighted by Gasteiger charge is 2.16. The predicted octanol–water partition coefficient (Wildman–Crippen LogP) is 4.08. The van der Waals surface area contributed by atoms with Crippen LogP contribution in [0.2, 0.25) is 0 Å². The van der Waals surface area contributed by atoms with E-state index in [-0.39, 0.29) is 4.88 Å². The molecule has 0 saturated heterocycles. The molecular formula is C15H11NO3S. The number of rotatable bonds is 3. The van der Waals surface area contributed by atoms with Crippen LogP contribution in [-0.2, 0) is 0 Å². The second-order valence-electron chi connectivity index (χ2n) is 4.27. The molecule has 0 amide bonds. The average molecular weight is 285 g/mol. The summed E-state index contributed by atoms with van der Waals surface area (Å²) in [6, 6.07) is 13.0. The van der Waals surface area contributed by atoms with E-state index in [9.17, 15) is 4.79 Å². The monoisotopic (exact) mass is 285 g/mol. The number of carboxylic acids is 1. The standard InChI is InChI=1S/C15H11NO3S/c1-9-13(10-5-3-2-4-6-10)19-14(16-9)11-7-8-12(20-11)15(17)18/h2-8H,1H3,(H,17,18). The summed E-state index contributed by atoms with van der Waals surface area (Å²) in [6.45, 7) is 1.88. The van der Waals surface area contributed by atoms with Crippen molar-refractivity contribution in [2.75, 3.05) is 0 Å². The number of hydrogen-bond donors (Lipinski definition) is 1. The molecule has 0 unspecified atom stereocenters. The molecule has 3 aromatic rings. The molecule has 20 heavy (non-hydrogen) atoms. The lowest BCUT2D eigenvalue weighted by molar-refractivity contribution is 0.0702. The van der Waals surface area contributed by atoms with Gasteiger partial charge in [-0.25, -0.2) is 9.78 Å². The summed E-state index contributed by atoms with van der Waals surface area (Å²) in [4.78, 5) is 16.3. The van der Waals surface area contributed by atoms with Gasteiger partial charge in [0.05, 0.1) is 10.6 Å². The van der Waals surface area contributed by atoms with Crippen LogP contribution < -0.4 is 0 Å². The molecule has 0 fully saturated rings. The molecule has 0 aliphatic rings. The van der Waals surface area contributed by atoms with Gasteiger partial charge in [-0.3, -0.25) is 0 Å². The number of benzene rings is 1. The van der Waals surface area contributed by atoms with E-state index in [1.807, 2.05) is 37.3 Å². The van der Waals surface area contributed by atoms with Crippen molar-refractivity contribution in [2.45, 2.75) is 6.92 Å². The van der Waals surface area contributed by atoms with Crippen LogP contribution in [0.5, 0.6) is 0 Å². The normalized spacial score (nSPS) is 10.7. The maximum atomic E-state index is 10.9. The van der Waals surface area contributed by atoms with Crippen LogP contribution in [0.4, 0.5) is 0 Å². The van der Waals surface area contributed by atoms with Crippen molar-refractivity contribution in [3.63, 3.8) is 0 Å². The molecule has 1 N–H and O–H groups in total. The third-order valence-electron chi connectivity index (χ3n) is 2.86. The second kappa shape index (κ2) is 4.94. The number of thiophene rings is 1. The van der Waals surface area contributed by atoms with Gasteiger partial charge in [-0.2, -0.15) is 0 Å². The van der Waals surface area contributed by atoms with Crippen LogP contribution in [-0.4, -0.2) is 16.1 Å². The van der Waals surface area contributed by atoms with Gasteiger partial charge in [-0.05, 0) is 19.1 Å². The number of carboxylic acid groups (broad SMARTS) is 1. The van der Waals surface area contributed by atoms with Crippen LogP contribution >= 0.6 is 11.3 Å². The molecule has 0 atom stereocenters. The number of aryl methyl sites for hydroxylation is 1. The summed E-state index contributed by atoms with van der Waals surface area (Å²) in [5.74, 6) is 0.234. The van der Waals surface area contributed by atoms with E-state index in [4.69, 9.17) is 9.52 Å². The van der Waals surface area contributed by atoms with Crippen LogP contribution in [0.15, 0.2) is 46.9 Å². The van der Waals surface area contributed by atoms with Gasteiger partial charge >= 0.3 is 5.97 Å². The first-order valence-corrected chi connectivity index (χ1v) is 6.83. The Morgan fingerprint density at radius 1 is 1.20 bits per heavy atom. The molecule has 2 aromatic heterocycles. The molecule has 0 radical (unpaired) electrons. The topological polar surface area (TPSA) is 63.3 Å². The third-order valence-corrected chi connectivity index (χ3v) is 3.92. The molecule has 2 heterocycles. The summed E-state index contributed by atoms with van der Waals surface area (Å²) in [6.07, 6.45) is 0. The highest BCUT2D eigenvalue weighted by molar-refractivity contribution is 7.17. The van der Waals surface area contributed by atoms with Gasteiger partial charge in [0.1, 0.15) is 4.88 Å². The first-order valence-electron chi connectivity index (χ1n) is 6.01. The number of oxazole rings is 1. The molecule has 0 bridgehead atoms. The summed E-state index contributed by atoms with van der Waals surface area (Å²) in [7, 11) is 0. The Morgan fingerprint density at radius 2 is 1.95 bits per heavy atom. The van der Waals surface area contributed by atoms with Gasteiger partial charge in [0.2, 0.25) is 5.89 Å². The number of nitrogens with zero attached hydrogens (tertiary/aromatic N) is 1. The van der Waals surface area contributed by atoms with Gasteiger partial charge < -0.3 is 9.52 Å². The Balaban J connectivity index is 2.02. The lowest BCUT2D eigenvalue weighted by Gasteiger charge is -1.95. The molecule has 100 valence electrons. The quantitative estimate of drug-likeness (QED) is 0.787. The SMILES string of the molecule is Cc1nc(-c2ccc(C(=O)O)s2)oc1-c1ccccc1. The second-order valence-corrected chi connectivity index (χ2v) is 5.35. The minimum absolute atomic E-state index is 0.275. The molecule has 4 nitrogen and oxygen atoms in total. The molecule has 0 aliphatic heterocycles. The molecule has 0 saturated carbocycles. The van der Waals surface area contributed by atoms with E-state index in [0.29, 0.717) is 16.5 Å². The summed E-state index contributed by atoms with van der Waals surface area (Å²) in [5.41, 5.74) is 1.75. The first-order chi connectivity index (χ1) is 9.65. The number of hydrogen-bond acceptors (Lipinski definition) is 4. The Bertz CT molecular complexity index is 759. The zero-order valence-electron chi connectivity index (χ0n) is 10.7. The van der Waals surface area contributed by atoms with Gasteiger partial charge in [-0.1, -0.05) is 30.3 Å². The van der Waals surface area contributed by atoms with Crippen molar-refractivity contribution in [3.05, 3.63) is 53.0 Å².